The Morgan fingerprint density at radius 2 is 2.29 bits per heavy atom. The second kappa shape index (κ2) is 6.11. The summed E-state index contributed by atoms with van der Waals surface area (Å²) in [5, 5.41) is 3.99. The van der Waals surface area contributed by atoms with Crippen LogP contribution >= 0.6 is 23.2 Å². The molecule has 0 aliphatic heterocycles. The fraction of sp³-hybridized carbons (Fsp3) is 0.312. The molecule has 4 rings (SSSR count). The average Bonchev–Trinajstić information content (AvgIpc) is 3.17. The van der Waals surface area contributed by atoms with Crippen molar-refractivity contribution in [3.05, 3.63) is 51.9 Å². The summed E-state index contributed by atoms with van der Waals surface area (Å²) in [6.45, 7) is 0.362. The molecule has 0 aromatic carbocycles. The van der Waals surface area contributed by atoms with Gasteiger partial charge in [0.15, 0.2) is 5.65 Å². The number of carbonyl (C=O) groups is 1. The van der Waals surface area contributed by atoms with Gasteiger partial charge in [-0.05, 0) is 18.9 Å². The van der Waals surface area contributed by atoms with Gasteiger partial charge in [0.1, 0.15) is 0 Å². The molecule has 1 aliphatic rings. The number of amides is 1. The highest BCUT2D eigenvalue weighted by atomic mass is 35.5. The van der Waals surface area contributed by atoms with Gasteiger partial charge in [0, 0.05) is 30.4 Å². The van der Waals surface area contributed by atoms with Gasteiger partial charge < -0.3 is 14.7 Å². The van der Waals surface area contributed by atoms with Gasteiger partial charge in [-0.3, -0.25) is 4.79 Å². The van der Waals surface area contributed by atoms with E-state index in [1.54, 1.807) is 23.0 Å². The van der Waals surface area contributed by atoms with Gasteiger partial charge in [-0.15, -0.1) is 0 Å². The summed E-state index contributed by atoms with van der Waals surface area (Å²) in [5.74, 6) is 0.00412. The van der Waals surface area contributed by atoms with Gasteiger partial charge in [-0.25, -0.2) is 9.97 Å². The molecule has 2 N–H and O–H groups in total. The number of hydrogen-bond donors (Lipinski definition) is 2. The van der Waals surface area contributed by atoms with Crippen LogP contribution in [0, 0.1) is 5.92 Å². The molecular weight excluding hydrogens is 349 g/mol. The van der Waals surface area contributed by atoms with Crippen molar-refractivity contribution in [1.82, 2.24) is 24.7 Å². The van der Waals surface area contributed by atoms with Gasteiger partial charge in [-0.2, -0.15) is 0 Å². The summed E-state index contributed by atoms with van der Waals surface area (Å²) < 4.78 is 1.77. The van der Waals surface area contributed by atoms with Crippen LogP contribution < -0.4 is 5.32 Å². The molecule has 0 radical (unpaired) electrons. The van der Waals surface area contributed by atoms with E-state index in [1.165, 1.54) is 0 Å². The number of hydrogen-bond acceptors (Lipinski definition) is 3. The maximum absolute atomic E-state index is 12.4. The highest BCUT2D eigenvalue weighted by molar-refractivity contribution is 6.36. The quantitative estimate of drug-likeness (QED) is 0.751. The van der Waals surface area contributed by atoms with Gasteiger partial charge in [-0.1, -0.05) is 23.2 Å². The van der Waals surface area contributed by atoms with Crippen molar-refractivity contribution in [1.29, 1.82) is 0 Å². The van der Waals surface area contributed by atoms with E-state index in [1.807, 2.05) is 6.20 Å². The van der Waals surface area contributed by atoms with E-state index in [0.29, 0.717) is 28.7 Å². The number of nitrogens with zero attached hydrogens (tertiary/aromatic N) is 3. The minimum Gasteiger partial charge on any atom is -0.350 e. The molecule has 1 aliphatic carbocycles. The van der Waals surface area contributed by atoms with Crippen molar-refractivity contribution in [2.24, 2.45) is 5.92 Å². The van der Waals surface area contributed by atoms with Crippen molar-refractivity contribution in [2.75, 3.05) is 0 Å². The Morgan fingerprint density at radius 3 is 3.17 bits per heavy atom. The highest BCUT2D eigenvalue weighted by Crippen LogP contribution is 2.24. The first kappa shape index (κ1) is 15.5. The van der Waals surface area contributed by atoms with E-state index in [2.05, 4.69) is 20.3 Å². The molecule has 0 saturated carbocycles. The van der Waals surface area contributed by atoms with E-state index in [4.69, 9.17) is 23.2 Å². The molecule has 1 atom stereocenters. The van der Waals surface area contributed by atoms with Gasteiger partial charge in [0.2, 0.25) is 5.91 Å². The first-order valence-electron chi connectivity index (χ1n) is 7.71. The zero-order chi connectivity index (χ0) is 16.7. The predicted molar refractivity (Wildman–Crippen MR) is 91.2 cm³/mol. The Balaban J connectivity index is 1.43. The lowest BCUT2D eigenvalue weighted by Gasteiger charge is -2.20. The monoisotopic (exact) mass is 363 g/mol. The highest BCUT2D eigenvalue weighted by Gasteiger charge is 2.26. The number of rotatable bonds is 3. The predicted octanol–water partition coefficient (Wildman–Crippen LogP) is 2.79. The van der Waals surface area contributed by atoms with E-state index in [0.717, 1.165) is 29.9 Å². The van der Waals surface area contributed by atoms with Crippen LogP contribution in [-0.2, 0) is 24.2 Å². The van der Waals surface area contributed by atoms with Crippen LogP contribution in [0.3, 0.4) is 0 Å². The maximum Gasteiger partial charge on any atom is 0.223 e. The minimum absolute atomic E-state index is 0.0342. The Kier molecular flexibility index (Phi) is 3.94. The Labute approximate surface area is 148 Å². The summed E-state index contributed by atoms with van der Waals surface area (Å²) in [5.41, 5.74) is 3.51. The molecule has 24 heavy (non-hydrogen) atoms. The van der Waals surface area contributed by atoms with E-state index < -0.39 is 0 Å². The number of aromatic amines is 1. The number of nitrogens with one attached hydrogen (secondary N) is 2. The first-order valence-corrected chi connectivity index (χ1v) is 8.47. The fourth-order valence-corrected chi connectivity index (χ4v) is 3.63. The second-order valence-electron chi connectivity index (χ2n) is 5.95. The molecule has 1 amide bonds. The molecule has 3 heterocycles. The third-order valence-corrected chi connectivity index (χ3v) is 4.81. The number of halogens is 2. The summed E-state index contributed by atoms with van der Waals surface area (Å²) >= 11 is 12.1. The van der Waals surface area contributed by atoms with Crippen molar-refractivity contribution in [3.8, 4) is 0 Å². The van der Waals surface area contributed by atoms with Gasteiger partial charge in [0.05, 0.1) is 34.3 Å². The molecule has 8 heteroatoms. The summed E-state index contributed by atoms with van der Waals surface area (Å²) in [6.07, 6.45) is 7.60. The van der Waals surface area contributed by atoms with E-state index >= 15 is 0 Å². The summed E-state index contributed by atoms with van der Waals surface area (Å²) in [6, 6.07) is 1.65. The van der Waals surface area contributed by atoms with Gasteiger partial charge in [0.25, 0.3) is 0 Å². The molecule has 0 fully saturated rings. The van der Waals surface area contributed by atoms with Crippen molar-refractivity contribution in [3.63, 3.8) is 0 Å². The van der Waals surface area contributed by atoms with Crippen molar-refractivity contribution >= 4 is 34.8 Å². The first-order chi connectivity index (χ1) is 11.6. The maximum atomic E-state index is 12.4. The lowest BCUT2D eigenvalue weighted by Crippen LogP contribution is -2.33. The van der Waals surface area contributed by atoms with E-state index in [-0.39, 0.29) is 11.8 Å². The number of fused-ring (bicyclic) bond motifs is 2. The van der Waals surface area contributed by atoms with Crippen LogP contribution in [0.4, 0.5) is 0 Å². The Bertz CT molecular complexity index is 916. The Morgan fingerprint density at radius 1 is 1.42 bits per heavy atom. The number of aromatic nitrogens is 4. The largest absolute Gasteiger partial charge is 0.350 e. The second-order valence-corrected chi connectivity index (χ2v) is 6.80. The molecular formula is C16H15Cl2N5O. The fourth-order valence-electron chi connectivity index (χ4n) is 3.11. The number of H-pyrrole nitrogens is 1. The minimum atomic E-state index is -0.0342. The molecule has 0 spiro atoms. The topological polar surface area (TPSA) is 75.1 Å². The van der Waals surface area contributed by atoms with Crippen LogP contribution in [-0.4, -0.2) is 25.3 Å². The summed E-state index contributed by atoms with van der Waals surface area (Å²) in [4.78, 5) is 24.2. The van der Waals surface area contributed by atoms with Crippen LogP contribution in [0.1, 0.15) is 23.5 Å². The third-order valence-electron chi connectivity index (χ3n) is 4.32. The van der Waals surface area contributed by atoms with Crippen LogP contribution in [0.25, 0.3) is 5.65 Å². The van der Waals surface area contributed by atoms with Crippen molar-refractivity contribution < 1.29 is 4.79 Å². The molecule has 1 unspecified atom stereocenters. The van der Waals surface area contributed by atoms with Crippen LogP contribution in [0.2, 0.25) is 10.0 Å². The molecule has 3 aromatic rings. The lowest BCUT2D eigenvalue weighted by molar-refractivity contribution is -0.125. The number of aryl methyl sites for hydroxylation is 1. The SMILES string of the molecule is O=C(NCc1cn2cc(Cl)cc(Cl)c2n1)C1CCc2nc[nH]c2C1. The number of carbonyl (C=O) groups excluding carboxylic acids is 1. The molecule has 0 saturated heterocycles. The Hall–Kier alpha value is -2.05. The van der Waals surface area contributed by atoms with Crippen molar-refractivity contribution in [2.45, 2.75) is 25.8 Å². The third kappa shape index (κ3) is 2.87. The zero-order valence-electron chi connectivity index (χ0n) is 12.7. The molecule has 0 bridgehead atoms. The van der Waals surface area contributed by atoms with Gasteiger partial charge >= 0.3 is 0 Å². The average molecular weight is 364 g/mol. The number of pyridine rings is 1. The van der Waals surface area contributed by atoms with Crippen LogP contribution in [0.15, 0.2) is 24.8 Å². The molecule has 3 aromatic heterocycles. The van der Waals surface area contributed by atoms with Crippen LogP contribution in [0.5, 0.6) is 0 Å². The lowest BCUT2D eigenvalue weighted by atomic mass is 9.89. The standard InChI is InChI=1S/C16H15Cl2N5O/c17-10-4-12(18)15-22-11(7-23(15)6-10)5-19-16(24)9-1-2-13-14(3-9)21-8-20-13/h4,6-9H,1-3,5H2,(H,19,24)(H,20,21). The molecule has 124 valence electrons. The smallest absolute Gasteiger partial charge is 0.223 e. The molecule has 6 nitrogen and oxygen atoms in total. The summed E-state index contributed by atoms with van der Waals surface area (Å²) in [7, 11) is 0. The van der Waals surface area contributed by atoms with E-state index in [9.17, 15) is 4.79 Å². The normalized spacial score (nSPS) is 17.0. The number of imidazole rings is 2. The zero-order valence-corrected chi connectivity index (χ0v) is 14.2.